The molecule has 0 saturated carbocycles. The van der Waals surface area contributed by atoms with Crippen LogP contribution in [-0.4, -0.2) is 42.9 Å². The Morgan fingerprint density at radius 1 is 1.37 bits per heavy atom. The average molecular weight is 272 g/mol. The number of urea groups is 1. The summed E-state index contributed by atoms with van der Waals surface area (Å²) in [6.45, 7) is 5.99. The van der Waals surface area contributed by atoms with Crippen LogP contribution in [0.4, 0.5) is 4.79 Å². The number of ether oxygens (including phenoxy) is 1. The standard InChI is InChI=1S/C13H24N2O4/c1-9(2)12-10(5-7-19-12)8-15-13(18)14-6-3-4-11(16)17/h9-10,12H,3-8H2,1-2H3,(H,16,17)(H2,14,15,18)/t10-,12-/m1/s1. The van der Waals surface area contributed by atoms with Gasteiger partial charge in [-0.05, 0) is 18.8 Å². The third-order valence-corrected chi connectivity index (χ3v) is 3.30. The van der Waals surface area contributed by atoms with Crippen molar-refractivity contribution in [3.05, 3.63) is 0 Å². The topological polar surface area (TPSA) is 87.7 Å². The van der Waals surface area contributed by atoms with Gasteiger partial charge >= 0.3 is 12.0 Å². The van der Waals surface area contributed by atoms with E-state index in [1.54, 1.807) is 0 Å². The number of hydrogen-bond acceptors (Lipinski definition) is 3. The molecular weight excluding hydrogens is 248 g/mol. The minimum absolute atomic E-state index is 0.0756. The Hall–Kier alpha value is -1.30. The van der Waals surface area contributed by atoms with E-state index in [2.05, 4.69) is 24.5 Å². The molecule has 6 nitrogen and oxygen atoms in total. The predicted octanol–water partition coefficient (Wildman–Crippen LogP) is 1.21. The van der Waals surface area contributed by atoms with Gasteiger partial charge in [-0.2, -0.15) is 0 Å². The molecule has 19 heavy (non-hydrogen) atoms. The first-order chi connectivity index (χ1) is 9.00. The van der Waals surface area contributed by atoms with Gasteiger partial charge in [0.15, 0.2) is 0 Å². The van der Waals surface area contributed by atoms with Crippen LogP contribution in [0.2, 0.25) is 0 Å². The number of rotatable bonds is 7. The maximum absolute atomic E-state index is 11.5. The summed E-state index contributed by atoms with van der Waals surface area (Å²) < 4.78 is 5.65. The van der Waals surface area contributed by atoms with Gasteiger partial charge in [-0.1, -0.05) is 13.8 Å². The summed E-state index contributed by atoms with van der Waals surface area (Å²) in [6.07, 6.45) is 1.71. The molecule has 1 aliphatic heterocycles. The molecule has 2 amide bonds. The van der Waals surface area contributed by atoms with Crippen molar-refractivity contribution in [3.63, 3.8) is 0 Å². The number of carbonyl (C=O) groups excluding carboxylic acids is 1. The number of hydrogen-bond donors (Lipinski definition) is 3. The number of carboxylic acid groups (broad SMARTS) is 1. The fraction of sp³-hybridized carbons (Fsp3) is 0.846. The lowest BCUT2D eigenvalue weighted by Crippen LogP contribution is -2.41. The van der Waals surface area contributed by atoms with E-state index in [4.69, 9.17) is 9.84 Å². The van der Waals surface area contributed by atoms with Gasteiger partial charge in [0.25, 0.3) is 0 Å². The molecule has 0 aromatic carbocycles. The predicted molar refractivity (Wildman–Crippen MR) is 71.0 cm³/mol. The van der Waals surface area contributed by atoms with Crippen LogP contribution in [0.15, 0.2) is 0 Å². The summed E-state index contributed by atoms with van der Waals surface area (Å²) in [4.78, 5) is 21.8. The highest BCUT2D eigenvalue weighted by atomic mass is 16.5. The molecule has 0 aliphatic carbocycles. The lowest BCUT2D eigenvalue weighted by Gasteiger charge is -2.22. The third-order valence-electron chi connectivity index (χ3n) is 3.30. The van der Waals surface area contributed by atoms with Crippen LogP contribution in [0, 0.1) is 11.8 Å². The lowest BCUT2D eigenvalue weighted by molar-refractivity contribution is -0.137. The molecule has 6 heteroatoms. The number of nitrogens with one attached hydrogen (secondary N) is 2. The molecule has 0 bridgehead atoms. The lowest BCUT2D eigenvalue weighted by atomic mass is 9.93. The van der Waals surface area contributed by atoms with Gasteiger partial charge in [0, 0.05) is 32.0 Å². The van der Waals surface area contributed by atoms with E-state index < -0.39 is 5.97 Å². The number of amides is 2. The zero-order chi connectivity index (χ0) is 14.3. The van der Waals surface area contributed by atoms with Gasteiger partial charge in [0.2, 0.25) is 0 Å². The second-order valence-corrected chi connectivity index (χ2v) is 5.26. The minimum atomic E-state index is -0.843. The van der Waals surface area contributed by atoms with E-state index in [1.165, 1.54) is 0 Å². The Kier molecular flexibility index (Phi) is 6.62. The first-order valence-electron chi connectivity index (χ1n) is 6.85. The van der Waals surface area contributed by atoms with Crippen molar-refractivity contribution in [2.45, 2.75) is 39.2 Å². The molecule has 0 aromatic rings. The van der Waals surface area contributed by atoms with Crippen molar-refractivity contribution in [1.82, 2.24) is 10.6 Å². The van der Waals surface area contributed by atoms with Crippen molar-refractivity contribution >= 4 is 12.0 Å². The normalized spacial score (nSPS) is 22.5. The highest BCUT2D eigenvalue weighted by Crippen LogP contribution is 2.25. The minimum Gasteiger partial charge on any atom is -0.481 e. The second kappa shape index (κ2) is 7.99. The first kappa shape index (κ1) is 15.8. The third kappa shape index (κ3) is 5.92. The van der Waals surface area contributed by atoms with E-state index in [0.717, 1.165) is 13.0 Å². The molecule has 0 radical (unpaired) electrons. The molecular formula is C13H24N2O4. The van der Waals surface area contributed by atoms with Crippen molar-refractivity contribution < 1.29 is 19.4 Å². The Labute approximate surface area is 113 Å². The molecule has 110 valence electrons. The van der Waals surface area contributed by atoms with E-state index in [1.807, 2.05) is 0 Å². The van der Waals surface area contributed by atoms with Crippen molar-refractivity contribution in [2.75, 3.05) is 19.7 Å². The van der Waals surface area contributed by atoms with Crippen LogP contribution >= 0.6 is 0 Å². The maximum atomic E-state index is 11.5. The van der Waals surface area contributed by atoms with E-state index in [0.29, 0.717) is 31.3 Å². The van der Waals surface area contributed by atoms with Crippen LogP contribution in [0.1, 0.15) is 33.1 Å². The van der Waals surface area contributed by atoms with Gasteiger partial charge in [-0.15, -0.1) is 0 Å². The maximum Gasteiger partial charge on any atom is 0.314 e. The number of aliphatic carboxylic acids is 1. The average Bonchev–Trinajstić information content (AvgIpc) is 2.80. The number of carboxylic acids is 1. The van der Waals surface area contributed by atoms with E-state index in [9.17, 15) is 9.59 Å². The summed E-state index contributed by atoms with van der Waals surface area (Å²) in [7, 11) is 0. The summed E-state index contributed by atoms with van der Waals surface area (Å²) in [5.41, 5.74) is 0. The molecule has 0 aromatic heterocycles. The quantitative estimate of drug-likeness (QED) is 0.608. The van der Waals surface area contributed by atoms with Crippen molar-refractivity contribution in [2.24, 2.45) is 11.8 Å². The Morgan fingerprint density at radius 3 is 2.74 bits per heavy atom. The first-order valence-corrected chi connectivity index (χ1v) is 6.85. The van der Waals surface area contributed by atoms with Crippen LogP contribution in [-0.2, 0) is 9.53 Å². The highest BCUT2D eigenvalue weighted by Gasteiger charge is 2.30. The summed E-state index contributed by atoms with van der Waals surface area (Å²) >= 11 is 0. The molecule has 2 atom stereocenters. The van der Waals surface area contributed by atoms with Crippen molar-refractivity contribution in [1.29, 1.82) is 0 Å². The SMILES string of the molecule is CC(C)[C@H]1OCC[C@@H]1CNC(=O)NCCCC(=O)O. The number of carbonyl (C=O) groups is 2. The van der Waals surface area contributed by atoms with Crippen molar-refractivity contribution in [3.8, 4) is 0 Å². The van der Waals surface area contributed by atoms with E-state index >= 15 is 0 Å². The Bertz CT molecular complexity index is 307. The van der Waals surface area contributed by atoms with Gasteiger partial charge in [-0.25, -0.2) is 4.79 Å². The van der Waals surface area contributed by atoms with Gasteiger partial charge < -0.3 is 20.5 Å². The monoisotopic (exact) mass is 272 g/mol. The smallest absolute Gasteiger partial charge is 0.314 e. The zero-order valence-corrected chi connectivity index (χ0v) is 11.6. The molecule has 1 fully saturated rings. The van der Waals surface area contributed by atoms with E-state index in [-0.39, 0.29) is 18.6 Å². The van der Waals surface area contributed by atoms with Crippen LogP contribution in [0.25, 0.3) is 0 Å². The molecule has 1 aliphatic rings. The molecule has 1 saturated heterocycles. The molecule has 0 spiro atoms. The molecule has 1 rings (SSSR count). The zero-order valence-electron chi connectivity index (χ0n) is 11.6. The molecule has 1 heterocycles. The van der Waals surface area contributed by atoms with Crippen LogP contribution in [0.5, 0.6) is 0 Å². The fourth-order valence-electron chi connectivity index (χ4n) is 2.34. The molecule has 3 N–H and O–H groups in total. The van der Waals surface area contributed by atoms with Gasteiger partial charge in [0.05, 0.1) is 6.10 Å². The fourth-order valence-corrected chi connectivity index (χ4v) is 2.34. The second-order valence-electron chi connectivity index (χ2n) is 5.26. The molecule has 0 unspecified atom stereocenters. The summed E-state index contributed by atoms with van der Waals surface area (Å²) in [5, 5.41) is 13.9. The van der Waals surface area contributed by atoms with Crippen LogP contribution < -0.4 is 10.6 Å². The Morgan fingerprint density at radius 2 is 2.11 bits per heavy atom. The largest absolute Gasteiger partial charge is 0.481 e. The highest BCUT2D eigenvalue weighted by molar-refractivity contribution is 5.73. The summed E-state index contributed by atoms with van der Waals surface area (Å²) in [5.74, 6) is -0.0252. The van der Waals surface area contributed by atoms with Crippen LogP contribution in [0.3, 0.4) is 0 Å². The van der Waals surface area contributed by atoms with Gasteiger partial charge in [-0.3, -0.25) is 4.79 Å². The summed E-state index contributed by atoms with van der Waals surface area (Å²) in [6, 6.07) is -0.236. The van der Waals surface area contributed by atoms with Gasteiger partial charge in [0.1, 0.15) is 0 Å². The Balaban J connectivity index is 2.14.